The van der Waals surface area contributed by atoms with Crippen LogP contribution in [0.5, 0.6) is 0 Å². The fourth-order valence-electron chi connectivity index (χ4n) is 4.21. The van der Waals surface area contributed by atoms with Gasteiger partial charge in [0.05, 0.1) is 52.4 Å². The summed E-state index contributed by atoms with van der Waals surface area (Å²) in [6.45, 7) is -19.8. The smallest absolute Gasteiger partial charge is 0.236 e. The largest absolute Gasteiger partial charge is 0.389 e. The van der Waals surface area contributed by atoms with Gasteiger partial charge >= 0.3 is 0 Å². The lowest BCUT2D eigenvalue weighted by molar-refractivity contribution is -0.142. The Hall–Kier alpha value is -4.12. The number of benzene rings is 1. The number of nitrogens with zero attached hydrogens (tertiary/aromatic N) is 8. The van der Waals surface area contributed by atoms with Gasteiger partial charge < -0.3 is 19.8 Å². The predicted molar refractivity (Wildman–Crippen MR) is 156 cm³/mol. The van der Waals surface area contributed by atoms with Gasteiger partial charge in [-0.15, -0.1) is 0 Å². The summed E-state index contributed by atoms with van der Waals surface area (Å²) < 4.78 is 175. The molecule has 42 heavy (non-hydrogen) atoms. The first kappa shape index (κ1) is 14.4. The summed E-state index contributed by atoms with van der Waals surface area (Å²) in [5, 5.41) is 23.2. The van der Waals surface area contributed by atoms with Gasteiger partial charge in [-0.2, -0.15) is 10.4 Å². The highest BCUT2D eigenvalue weighted by Gasteiger charge is 2.31. The molecule has 1 aromatic carbocycles. The molecule has 0 atom stereocenters. The molecule has 0 radical (unpaired) electrons. The van der Waals surface area contributed by atoms with Crippen LogP contribution in [0.15, 0.2) is 36.4 Å². The molecule has 0 aliphatic carbocycles. The minimum Gasteiger partial charge on any atom is -0.389 e. The molecule has 6 rings (SSSR count). The lowest BCUT2D eigenvalue weighted by atomic mass is 10.1. The van der Waals surface area contributed by atoms with E-state index in [1.165, 1.54) is 0 Å². The summed E-state index contributed by atoms with van der Waals surface area (Å²) in [4.78, 5) is 18.6. The molecular weight excluding hydrogens is 562 g/mol. The van der Waals surface area contributed by atoms with Crippen LogP contribution in [0.25, 0.3) is 16.8 Å². The Morgan fingerprint density at radius 3 is 2.71 bits per heavy atom. The lowest BCUT2D eigenvalue weighted by Crippen LogP contribution is -2.57. The third-order valence-corrected chi connectivity index (χ3v) is 7.34. The summed E-state index contributed by atoms with van der Waals surface area (Å²) >= 11 is 0.493. The zero-order valence-corrected chi connectivity index (χ0v) is 22.3. The van der Waals surface area contributed by atoms with Crippen LogP contribution in [0.1, 0.15) is 40.7 Å². The summed E-state index contributed by atoms with van der Waals surface area (Å²) in [7, 11) is 1.13. The van der Waals surface area contributed by atoms with Gasteiger partial charge in [-0.1, -0.05) is 18.2 Å². The van der Waals surface area contributed by atoms with Crippen molar-refractivity contribution in [1.29, 1.82) is 5.26 Å². The molecule has 4 aromatic rings. The van der Waals surface area contributed by atoms with E-state index < -0.39 is 127 Å². The van der Waals surface area contributed by atoms with Crippen LogP contribution in [0, 0.1) is 23.0 Å². The molecule has 10 nitrogen and oxygen atoms in total. The van der Waals surface area contributed by atoms with Crippen LogP contribution in [0.4, 0.5) is 25.3 Å². The third-order valence-electron chi connectivity index (χ3n) is 6.31. The zero-order chi connectivity index (χ0) is 44.5. The molecule has 3 aromatic heterocycles. The molecule has 218 valence electrons. The highest BCUT2D eigenvalue weighted by molar-refractivity contribution is 7.16. The maximum absolute atomic E-state index is 16.3. The Kier molecular flexibility index (Phi) is 3.86. The van der Waals surface area contributed by atoms with Gasteiger partial charge in [-0.3, -0.25) is 9.69 Å². The second kappa shape index (κ2) is 11.3. The van der Waals surface area contributed by atoms with E-state index in [0.717, 1.165) is 16.8 Å². The number of thiazole rings is 1. The molecular formula is C29H30F2N8O2S. The fourth-order valence-corrected chi connectivity index (χ4v) is 5.05. The number of aliphatic hydroxyl groups is 1. The normalized spacial score (nSPS) is 27.5. The van der Waals surface area contributed by atoms with Gasteiger partial charge in [0.2, 0.25) is 5.91 Å². The average molecular weight is 610 g/mol. The predicted octanol–water partition coefficient (Wildman–Crippen LogP) is 3.26. The fraction of sp³-hybridized carbons (Fsp3) is 0.379. The van der Waals surface area contributed by atoms with E-state index in [1.54, 1.807) is 6.07 Å². The number of amides is 1. The van der Waals surface area contributed by atoms with Gasteiger partial charge in [0, 0.05) is 64.0 Å². The molecule has 0 spiro atoms. The number of aliphatic hydroxyl groups excluding tert-OH is 1. The number of carbonyl (C=O) groups excluding carboxylic acids is 1. The van der Waals surface area contributed by atoms with Gasteiger partial charge in [0.15, 0.2) is 10.9 Å². The quantitative estimate of drug-likeness (QED) is 0.341. The van der Waals surface area contributed by atoms with Crippen molar-refractivity contribution in [2.75, 3.05) is 62.5 Å². The van der Waals surface area contributed by atoms with Gasteiger partial charge in [-0.05, 0) is 36.6 Å². The van der Waals surface area contributed by atoms with Gasteiger partial charge in [0.25, 0.3) is 0 Å². The number of aromatic nitrogens is 3. The first-order chi connectivity index (χ1) is 26.9. The van der Waals surface area contributed by atoms with Crippen molar-refractivity contribution in [3.05, 3.63) is 58.6 Å². The SMILES string of the molecule is [2H]c1c([2H])c(-c2nc(N(C)c3c(C([2H])([2H])C([2H])([2H])[2H])nn4cc(F)c(N5C([2H])([2H])C([2H])([2H])N(CC(=O)N6CC(O)C6)C([2H])([2H])C5([2H])[2H])cc34)sc2C#N)c([2H])c([2H])c1F. The number of β-amino-alcohol motifs (C(OH)–C–C–N with tert-alkyl or cyclic N) is 1. The number of anilines is 3. The molecule has 2 aliphatic heterocycles. The molecule has 0 unspecified atom stereocenters. The maximum atomic E-state index is 16.3. The Morgan fingerprint density at radius 1 is 1.31 bits per heavy atom. The van der Waals surface area contributed by atoms with E-state index >= 15 is 4.39 Å². The van der Waals surface area contributed by atoms with Crippen LogP contribution >= 0.6 is 11.3 Å². The Labute approximate surface area is 269 Å². The molecule has 5 heterocycles. The van der Waals surface area contributed by atoms with Gasteiger partial charge in [0.1, 0.15) is 22.5 Å². The molecule has 2 fully saturated rings. The lowest BCUT2D eigenvalue weighted by Gasteiger charge is -2.39. The Morgan fingerprint density at radius 2 is 2.05 bits per heavy atom. The van der Waals surface area contributed by atoms with Gasteiger partial charge in [-0.25, -0.2) is 18.3 Å². The number of hydrogen-bond donors (Lipinski definition) is 1. The van der Waals surface area contributed by atoms with E-state index in [-0.39, 0.29) is 32.9 Å². The number of likely N-dealkylation sites (tertiary alicyclic amines) is 1. The van der Waals surface area contributed by atoms with E-state index in [2.05, 4.69) is 10.1 Å². The number of fused-ring (bicyclic) bond motifs is 1. The van der Waals surface area contributed by atoms with Crippen LogP contribution < -0.4 is 9.80 Å². The van der Waals surface area contributed by atoms with Crippen LogP contribution in [0.3, 0.4) is 0 Å². The number of nitriles is 1. The Bertz CT molecular complexity index is 2390. The van der Waals surface area contributed by atoms with Crippen molar-refractivity contribution in [3.63, 3.8) is 0 Å². The van der Waals surface area contributed by atoms with E-state index in [1.807, 2.05) is 0 Å². The van der Waals surface area contributed by atoms with Crippen molar-refractivity contribution >= 4 is 39.3 Å². The monoisotopic (exact) mass is 609 g/mol. The number of piperazine rings is 1. The van der Waals surface area contributed by atoms with Crippen molar-refractivity contribution in [3.8, 4) is 17.3 Å². The van der Waals surface area contributed by atoms with Crippen molar-refractivity contribution < 1.29 is 42.0 Å². The highest BCUT2D eigenvalue weighted by Crippen LogP contribution is 2.39. The molecule has 2 aliphatic rings. The zero-order valence-electron chi connectivity index (χ0n) is 38.5. The second-order valence-electron chi connectivity index (χ2n) is 9.01. The molecule has 1 N–H and O–H groups in total. The number of halogens is 2. The minimum absolute atomic E-state index is 0.00677. The molecule has 0 bridgehead atoms. The average Bonchev–Trinajstić information content (AvgIpc) is 3.71. The van der Waals surface area contributed by atoms with Crippen molar-refractivity contribution in [1.82, 2.24) is 24.4 Å². The number of hydrogen-bond acceptors (Lipinski definition) is 9. The Balaban J connectivity index is 1.58. The van der Waals surface area contributed by atoms with Crippen molar-refractivity contribution in [2.45, 2.75) is 19.3 Å². The van der Waals surface area contributed by atoms with Crippen LogP contribution in [0.2, 0.25) is 0 Å². The van der Waals surface area contributed by atoms with E-state index in [9.17, 15) is 19.6 Å². The first-order valence-electron chi connectivity index (χ1n) is 20.5. The third kappa shape index (κ3) is 5.17. The number of pyridine rings is 1. The van der Waals surface area contributed by atoms with Crippen LogP contribution in [-0.4, -0.2) is 94.2 Å². The second-order valence-corrected chi connectivity index (χ2v) is 9.99. The highest BCUT2D eigenvalue weighted by atomic mass is 32.1. The summed E-state index contributed by atoms with van der Waals surface area (Å²) in [5.41, 5.74) is -4.35. The van der Waals surface area contributed by atoms with Crippen LogP contribution in [-0.2, 0) is 11.2 Å². The first-order valence-corrected chi connectivity index (χ1v) is 12.9. The topological polar surface area (TPSA) is 104 Å². The van der Waals surface area contributed by atoms with Crippen molar-refractivity contribution in [2.24, 2.45) is 0 Å². The summed E-state index contributed by atoms with van der Waals surface area (Å²) in [5.74, 6) is -4.05. The summed E-state index contributed by atoms with van der Waals surface area (Å²) in [6, 6.07) is -1.62. The molecule has 1 amide bonds. The number of aryl methyl sites for hydroxylation is 1. The van der Waals surface area contributed by atoms with E-state index in [4.69, 9.17) is 23.3 Å². The standard InChI is InChI=1S/C29H30F2N8O2S/c1-3-22-28(35(2)29-33-27(25(13-32)42-29)18-4-6-19(30)7-5-18)24-12-23(21(31)16-39(24)34-22)37-10-8-36(9-11-37)17-26(41)38-14-20(40)15-38/h4-7,12,16,20,40H,3,8-11,14-15,17H2,1-2H3/i1D3,3D2,4D,5D,6D,7D,8D2,9D2,10D2,11D2. The molecule has 2 saturated heterocycles. The summed E-state index contributed by atoms with van der Waals surface area (Å²) in [6.07, 6.45) is -3.87. The number of rotatable bonds is 7. The molecule has 13 heteroatoms. The van der Waals surface area contributed by atoms with E-state index in [0.29, 0.717) is 28.1 Å². The minimum atomic E-state index is -3.74. The molecule has 0 saturated carbocycles. The number of carbonyl (C=O) groups is 1. The maximum Gasteiger partial charge on any atom is 0.236 e.